The molecule has 1 aromatic heterocycles. The van der Waals surface area contributed by atoms with Crippen LogP contribution < -0.4 is 16.4 Å². The second-order valence-electron chi connectivity index (χ2n) is 3.42. The molecule has 1 rings (SSSR count). The lowest BCUT2D eigenvalue weighted by atomic mass is 10.2. The highest BCUT2D eigenvalue weighted by molar-refractivity contribution is 4.86. The minimum atomic E-state index is -0.249. The maximum Gasteiger partial charge on any atom is 0.265 e. The molecule has 0 fully saturated rings. The molecule has 0 aliphatic heterocycles. The van der Waals surface area contributed by atoms with Crippen LogP contribution in [-0.4, -0.2) is 23.4 Å². The molecular formula is C9H15N3O2. The van der Waals surface area contributed by atoms with Gasteiger partial charge in [0.15, 0.2) is 0 Å². The van der Waals surface area contributed by atoms with Crippen LogP contribution in [0.25, 0.3) is 0 Å². The lowest BCUT2D eigenvalue weighted by Gasteiger charge is -2.11. The second kappa shape index (κ2) is 4.76. The summed E-state index contributed by atoms with van der Waals surface area (Å²) in [5.41, 5.74) is -0.422. The van der Waals surface area contributed by atoms with Gasteiger partial charge in [-0.2, -0.15) is 0 Å². The van der Waals surface area contributed by atoms with Crippen LogP contribution in [0.3, 0.4) is 0 Å². The quantitative estimate of drug-likeness (QED) is 0.677. The number of hydrogen-bond donors (Lipinski definition) is 2. The fraction of sp³-hybridized carbons (Fsp3) is 0.556. The number of nitrogens with zero attached hydrogens (tertiary/aromatic N) is 1. The average molecular weight is 197 g/mol. The van der Waals surface area contributed by atoms with Crippen molar-refractivity contribution in [2.45, 2.75) is 13.5 Å². The summed E-state index contributed by atoms with van der Waals surface area (Å²) in [7, 11) is 1.85. The molecule has 0 saturated heterocycles. The van der Waals surface area contributed by atoms with Crippen molar-refractivity contribution in [3.8, 4) is 0 Å². The Morgan fingerprint density at radius 2 is 2.21 bits per heavy atom. The van der Waals surface area contributed by atoms with E-state index in [4.69, 9.17) is 0 Å². The van der Waals surface area contributed by atoms with Gasteiger partial charge >= 0.3 is 0 Å². The number of H-pyrrole nitrogens is 1. The predicted molar refractivity (Wildman–Crippen MR) is 54.4 cm³/mol. The van der Waals surface area contributed by atoms with Crippen LogP contribution in [0.1, 0.15) is 6.92 Å². The molecule has 1 heterocycles. The summed E-state index contributed by atoms with van der Waals surface area (Å²) in [5, 5.41) is 5.50. The first-order valence-corrected chi connectivity index (χ1v) is 4.58. The van der Waals surface area contributed by atoms with Gasteiger partial charge in [-0.25, -0.2) is 4.68 Å². The van der Waals surface area contributed by atoms with Gasteiger partial charge < -0.3 is 5.32 Å². The van der Waals surface area contributed by atoms with E-state index in [9.17, 15) is 9.59 Å². The van der Waals surface area contributed by atoms with Crippen LogP contribution in [-0.2, 0) is 6.54 Å². The molecule has 0 spiro atoms. The molecule has 1 atom stereocenters. The zero-order valence-corrected chi connectivity index (χ0v) is 8.41. The highest BCUT2D eigenvalue weighted by Crippen LogP contribution is 1.93. The molecule has 0 aromatic carbocycles. The van der Waals surface area contributed by atoms with Gasteiger partial charge in [-0.1, -0.05) is 6.92 Å². The van der Waals surface area contributed by atoms with Gasteiger partial charge in [-0.05, 0) is 19.5 Å². The molecule has 0 aliphatic carbocycles. The topological polar surface area (TPSA) is 66.9 Å². The second-order valence-corrected chi connectivity index (χ2v) is 3.42. The highest BCUT2D eigenvalue weighted by Gasteiger charge is 2.03. The molecule has 0 saturated carbocycles. The third-order valence-corrected chi connectivity index (χ3v) is 1.94. The van der Waals surface area contributed by atoms with Crippen molar-refractivity contribution < 1.29 is 0 Å². The van der Waals surface area contributed by atoms with E-state index in [0.717, 1.165) is 6.54 Å². The standard InChI is InChI=1S/C9H15N3O2/c1-7(5-10-2)6-12-9(14)4-3-8(13)11-12/h3-4,7,10H,5-6H2,1-2H3,(H,11,13). The zero-order chi connectivity index (χ0) is 10.6. The van der Waals surface area contributed by atoms with Crippen molar-refractivity contribution in [3.05, 3.63) is 32.8 Å². The molecule has 0 amide bonds. The number of hydrogen-bond acceptors (Lipinski definition) is 3. The maximum absolute atomic E-state index is 11.3. The Morgan fingerprint density at radius 3 is 2.86 bits per heavy atom. The van der Waals surface area contributed by atoms with E-state index >= 15 is 0 Å². The van der Waals surface area contributed by atoms with Crippen molar-refractivity contribution in [1.29, 1.82) is 0 Å². The van der Waals surface area contributed by atoms with Gasteiger partial charge in [0, 0.05) is 18.7 Å². The molecule has 5 heteroatoms. The van der Waals surface area contributed by atoms with Gasteiger partial charge in [0.2, 0.25) is 0 Å². The van der Waals surface area contributed by atoms with E-state index in [-0.39, 0.29) is 11.1 Å². The summed E-state index contributed by atoms with van der Waals surface area (Å²) >= 11 is 0. The van der Waals surface area contributed by atoms with Crippen LogP contribution >= 0.6 is 0 Å². The van der Waals surface area contributed by atoms with Gasteiger partial charge in [0.1, 0.15) is 0 Å². The Bertz CT molecular complexity index is 394. The molecule has 1 unspecified atom stereocenters. The minimum Gasteiger partial charge on any atom is -0.319 e. The molecule has 0 aliphatic rings. The Morgan fingerprint density at radius 1 is 1.50 bits per heavy atom. The summed E-state index contributed by atoms with van der Waals surface area (Å²) in [4.78, 5) is 22.2. The van der Waals surface area contributed by atoms with Crippen molar-refractivity contribution >= 4 is 0 Å². The lowest BCUT2D eigenvalue weighted by Crippen LogP contribution is -2.32. The summed E-state index contributed by atoms with van der Waals surface area (Å²) < 4.78 is 1.34. The van der Waals surface area contributed by atoms with Gasteiger partial charge in [-0.3, -0.25) is 14.7 Å². The third-order valence-electron chi connectivity index (χ3n) is 1.94. The first kappa shape index (κ1) is 10.7. The van der Waals surface area contributed by atoms with Gasteiger partial charge in [0.25, 0.3) is 11.1 Å². The molecule has 78 valence electrons. The Labute approximate surface area is 81.7 Å². The van der Waals surface area contributed by atoms with E-state index in [1.807, 2.05) is 14.0 Å². The van der Waals surface area contributed by atoms with Crippen molar-refractivity contribution in [2.24, 2.45) is 5.92 Å². The monoisotopic (exact) mass is 197 g/mol. The van der Waals surface area contributed by atoms with Crippen LogP contribution in [0.4, 0.5) is 0 Å². The van der Waals surface area contributed by atoms with Crippen molar-refractivity contribution in [1.82, 2.24) is 15.1 Å². The minimum absolute atomic E-state index is 0.174. The number of nitrogens with one attached hydrogen (secondary N) is 2. The molecule has 0 bridgehead atoms. The molecule has 1 aromatic rings. The van der Waals surface area contributed by atoms with E-state index < -0.39 is 0 Å². The number of aromatic nitrogens is 2. The number of rotatable bonds is 4. The van der Waals surface area contributed by atoms with Crippen molar-refractivity contribution in [2.75, 3.05) is 13.6 Å². The Balaban J connectivity index is 2.80. The Hall–Kier alpha value is -1.36. The lowest BCUT2D eigenvalue weighted by molar-refractivity contribution is 0.419. The first-order valence-electron chi connectivity index (χ1n) is 4.58. The van der Waals surface area contributed by atoms with E-state index in [2.05, 4.69) is 10.4 Å². The molecular weight excluding hydrogens is 182 g/mol. The molecule has 0 radical (unpaired) electrons. The van der Waals surface area contributed by atoms with Crippen LogP contribution in [0.5, 0.6) is 0 Å². The first-order chi connectivity index (χ1) is 6.63. The smallest absolute Gasteiger partial charge is 0.265 e. The normalized spacial score (nSPS) is 12.7. The van der Waals surface area contributed by atoms with Gasteiger partial charge in [0.05, 0.1) is 0 Å². The van der Waals surface area contributed by atoms with Gasteiger partial charge in [-0.15, -0.1) is 0 Å². The highest BCUT2D eigenvalue weighted by atomic mass is 16.1. The predicted octanol–water partition coefficient (Wildman–Crippen LogP) is -0.608. The van der Waals surface area contributed by atoms with E-state index in [0.29, 0.717) is 12.5 Å². The Kier molecular flexibility index (Phi) is 3.64. The summed E-state index contributed by atoms with van der Waals surface area (Å²) in [6, 6.07) is 2.52. The molecule has 14 heavy (non-hydrogen) atoms. The van der Waals surface area contributed by atoms with E-state index in [1.165, 1.54) is 16.8 Å². The fourth-order valence-electron chi connectivity index (χ4n) is 1.32. The third kappa shape index (κ3) is 2.85. The summed E-state index contributed by atoms with van der Waals surface area (Å²) in [6.07, 6.45) is 0. The zero-order valence-electron chi connectivity index (χ0n) is 8.41. The maximum atomic E-state index is 11.3. The summed E-state index contributed by atoms with van der Waals surface area (Å²) in [6.45, 7) is 3.34. The fourth-order valence-corrected chi connectivity index (χ4v) is 1.32. The van der Waals surface area contributed by atoms with E-state index in [1.54, 1.807) is 0 Å². The summed E-state index contributed by atoms with van der Waals surface area (Å²) in [5.74, 6) is 0.302. The largest absolute Gasteiger partial charge is 0.319 e. The number of aromatic amines is 1. The molecule has 2 N–H and O–H groups in total. The van der Waals surface area contributed by atoms with Crippen LogP contribution in [0.15, 0.2) is 21.7 Å². The van der Waals surface area contributed by atoms with Crippen LogP contribution in [0.2, 0.25) is 0 Å². The average Bonchev–Trinajstić information content (AvgIpc) is 2.12. The SMILES string of the molecule is CNCC(C)Cn1[nH]c(=O)ccc1=O. The van der Waals surface area contributed by atoms with Crippen LogP contribution in [0, 0.1) is 5.92 Å². The molecule has 5 nitrogen and oxygen atoms in total. The van der Waals surface area contributed by atoms with Crippen molar-refractivity contribution in [3.63, 3.8) is 0 Å².